The average molecular weight is 1010 g/mol. The molecule has 4 aliphatic heterocycles. The minimum Gasteiger partial charge on any atom is -0.656 e. The maximum atomic E-state index is 6.39. The maximum absolute atomic E-state index is 6.39. The Morgan fingerprint density at radius 3 is 1.27 bits per heavy atom. The summed E-state index contributed by atoms with van der Waals surface area (Å²) in [6.07, 6.45) is 5.56. The molecule has 6 nitrogen and oxygen atoms in total. The van der Waals surface area contributed by atoms with Gasteiger partial charge >= 0.3 is 17.1 Å². The molecule has 0 aliphatic carbocycles. The van der Waals surface area contributed by atoms with Crippen molar-refractivity contribution >= 4 is 220 Å². The van der Waals surface area contributed by atoms with Gasteiger partial charge in [-0.05, 0) is 114 Å². The summed E-state index contributed by atoms with van der Waals surface area (Å²) in [4.78, 5) is 20.6. The molecule has 8 bridgehead atoms. The van der Waals surface area contributed by atoms with Crippen molar-refractivity contribution in [2.24, 2.45) is 0 Å². The van der Waals surface area contributed by atoms with Crippen LogP contribution in [0.2, 0.25) is 24.3 Å². The molecule has 2 fully saturated rings. The fourth-order valence-corrected chi connectivity index (χ4v) is 10.4. The van der Waals surface area contributed by atoms with E-state index in [2.05, 4.69) is 31.9 Å². The van der Waals surface area contributed by atoms with Gasteiger partial charge in [0.2, 0.25) is 0 Å². The number of hydrogen-bond acceptors (Lipinski definition) is 4. The van der Waals surface area contributed by atoms with E-state index in [1.807, 2.05) is 97.1 Å². The molecule has 29 heteroatoms. The number of nitrogens with zero attached hydrogens (tertiary/aromatic N) is 4. The van der Waals surface area contributed by atoms with Crippen molar-refractivity contribution < 1.29 is 26.5 Å². The van der Waals surface area contributed by atoms with Gasteiger partial charge in [0.1, 0.15) is 11.5 Å². The Bertz CT molecular complexity index is 2680. The summed E-state index contributed by atoms with van der Waals surface area (Å²) < 4.78 is 14.3. The summed E-state index contributed by atoms with van der Waals surface area (Å²) >= 11 is 7.72. The summed E-state index contributed by atoms with van der Waals surface area (Å²) in [5, 5.41) is 0. The van der Waals surface area contributed by atoms with Crippen LogP contribution in [0.15, 0.2) is 81.7 Å². The van der Waals surface area contributed by atoms with Crippen LogP contribution in [0.1, 0.15) is 22.8 Å². The third-order valence-electron chi connectivity index (χ3n) is 13.3. The molecule has 0 N–H and O–H groups in total. The minimum atomic E-state index is -0.715. The third kappa shape index (κ3) is 11.0. The number of fused-ring (bicyclic) bond motifs is 8. The van der Waals surface area contributed by atoms with Gasteiger partial charge in [-0.25, -0.2) is 9.97 Å². The van der Waals surface area contributed by atoms with Gasteiger partial charge in [0.05, 0.1) is 49.2 Å². The second-order valence-corrected chi connectivity index (χ2v) is 19.4. The first-order valence-electron chi connectivity index (χ1n) is 22.1. The van der Waals surface area contributed by atoms with E-state index in [0.29, 0.717) is 47.1 Å². The van der Waals surface area contributed by atoms with Crippen molar-refractivity contribution in [3.63, 3.8) is 0 Å². The Morgan fingerprint density at radius 1 is 0.522 bits per heavy atom. The molecule has 67 heavy (non-hydrogen) atoms. The second kappa shape index (κ2) is 21.4. The Labute approximate surface area is 438 Å². The SMILES string of the molecule is [B]B([B])B([B])B(B([B])[B])B1CC1COc1cccc(-c2c3nc(c(Br)c4ccc([n-]4)c(-c4cccc(OCC5CB5B(B([B])[B])B([B])B([B])[B])c4)c4nc(c(Br)c5ccc2[n-]5)C=C4)C=C3)c1.[Cu+2]. The number of halogens is 2. The first-order chi connectivity index (χ1) is 31.7. The normalized spacial score (nSPS) is 15.3. The maximum Gasteiger partial charge on any atom is 2.00 e. The second-order valence-electron chi connectivity index (χ2n) is 17.9. The molecule has 295 valence electrons. The largest absolute Gasteiger partial charge is 2.00 e. The summed E-state index contributed by atoms with van der Waals surface area (Å²) in [5.41, 5.74) is 9.22. The predicted octanol–water partition coefficient (Wildman–Crippen LogP) is 2.52. The Hall–Kier alpha value is -2.58. The van der Waals surface area contributed by atoms with Gasteiger partial charge in [0, 0.05) is 137 Å². The van der Waals surface area contributed by atoms with E-state index in [1.165, 1.54) is 0 Å². The summed E-state index contributed by atoms with van der Waals surface area (Å²) in [5.74, 6) is 1.85. The molecule has 21 radical (unpaired) electrons. The molecule has 2 saturated heterocycles. The average Bonchev–Trinajstić information content (AvgIpc) is 3.77. The van der Waals surface area contributed by atoms with Crippen LogP contribution in [0, 0.1) is 0 Å². The van der Waals surface area contributed by atoms with E-state index in [9.17, 15) is 0 Å². The fraction of sp³-hybridized carbons (Fsp3) is 0.158. The van der Waals surface area contributed by atoms with Gasteiger partial charge < -0.3 is 19.4 Å². The third-order valence-corrected chi connectivity index (χ3v) is 14.9. The quantitative estimate of drug-likeness (QED) is 0.139. The van der Waals surface area contributed by atoms with E-state index in [1.54, 1.807) is 0 Å². The number of rotatable bonds is 16. The van der Waals surface area contributed by atoms with E-state index in [4.69, 9.17) is 107 Å². The van der Waals surface area contributed by atoms with Crippen LogP contribution < -0.4 is 19.4 Å². The van der Waals surface area contributed by atoms with Crippen molar-refractivity contribution in [1.82, 2.24) is 19.9 Å². The van der Waals surface area contributed by atoms with Crippen LogP contribution in [0.4, 0.5) is 0 Å². The summed E-state index contributed by atoms with van der Waals surface area (Å²) in [6.45, 7) is 1.28. The molecule has 9 rings (SSSR count). The van der Waals surface area contributed by atoms with Crippen LogP contribution in [0.25, 0.3) is 68.6 Å². The standard InChI is InChI=1S/C38H26B20Br2N4O2.Cu/c39-51(40)55(47)57(53(43)44)49-17-23(49)19-65-25-5-1-3-21(15-25)35-27-7-11-31(61-27)37(59)33-13-9-29(63-33)36(30-10-14-34(64-30)38(60)32-12-8-28(35)62-32)22-4-2-6-26(16-22)66-20-24-18-50(24)58(54(45)46)56(48)52(41)42;/h1-16,23-24H,17-20H2;/q-2;+2. The Morgan fingerprint density at radius 2 is 0.896 bits per heavy atom. The number of benzene rings is 2. The zero-order chi connectivity index (χ0) is 46.6. The molecule has 4 aliphatic rings. The van der Waals surface area contributed by atoms with Crippen LogP contribution in [-0.2, 0) is 17.1 Å². The zero-order valence-corrected chi connectivity index (χ0v) is 40.5. The molecular weight excluding hydrogens is 984 g/mol. The van der Waals surface area contributed by atoms with Crippen molar-refractivity contribution in [3.8, 4) is 33.8 Å². The van der Waals surface area contributed by atoms with Gasteiger partial charge in [0.25, 0.3) is 0 Å². The van der Waals surface area contributed by atoms with Gasteiger partial charge in [-0.15, -0.1) is 22.1 Å². The predicted molar refractivity (Wildman–Crippen MR) is 306 cm³/mol. The van der Waals surface area contributed by atoms with E-state index in [-0.39, 0.29) is 54.7 Å². The van der Waals surface area contributed by atoms with Crippen molar-refractivity contribution in [3.05, 3.63) is 105 Å². The van der Waals surface area contributed by atoms with Gasteiger partial charge in [-0.1, -0.05) is 61.2 Å². The molecular formula is C38H26B20Br2CuN4O2. The van der Waals surface area contributed by atoms with Crippen molar-refractivity contribution in [2.75, 3.05) is 13.2 Å². The number of hydrogen-bond donors (Lipinski definition) is 0. The van der Waals surface area contributed by atoms with E-state index < -0.39 is 38.3 Å². The molecule has 3 aromatic heterocycles. The minimum absolute atomic E-state index is 0. The van der Waals surface area contributed by atoms with E-state index >= 15 is 0 Å². The van der Waals surface area contributed by atoms with E-state index in [0.717, 1.165) is 66.3 Å². The molecule has 0 saturated carbocycles. The molecule has 2 unspecified atom stereocenters. The number of ether oxygens (including phenoxy) is 2. The zero-order valence-electron chi connectivity index (χ0n) is 36.4. The van der Waals surface area contributed by atoms with Crippen LogP contribution in [-0.4, -0.2) is 165 Å². The van der Waals surface area contributed by atoms with Crippen LogP contribution in [0.5, 0.6) is 11.5 Å². The Balaban J connectivity index is 0.00000608. The van der Waals surface area contributed by atoms with Crippen LogP contribution >= 0.6 is 31.9 Å². The fourth-order valence-electron chi connectivity index (χ4n) is 9.54. The summed E-state index contributed by atoms with van der Waals surface area (Å²) in [7, 11) is 60.8. The van der Waals surface area contributed by atoms with Crippen molar-refractivity contribution in [2.45, 2.75) is 24.3 Å². The Kier molecular flexibility index (Phi) is 16.2. The molecule has 5 aromatic rings. The molecule has 0 spiro atoms. The number of aromatic nitrogens is 4. The van der Waals surface area contributed by atoms with Crippen LogP contribution in [0.3, 0.4) is 0 Å². The van der Waals surface area contributed by atoms with Gasteiger partial charge in [0.15, 0.2) is 0 Å². The van der Waals surface area contributed by atoms with Gasteiger partial charge in [-0.2, -0.15) is 0 Å². The first-order valence-corrected chi connectivity index (χ1v) is 23.6. The molecule has 2 aromatic carbocycles. The smallest absolute Gasteiger partial charge is 0.656 e. The monoisotopic (exact) mass is 1010 g/mol. The molecule has 7 heterocycles. The molecule has 0 amide bonds. The summed E-state index contributed by atoms with van der Waals surface area (Å²) in [6, 6.07) is 23.8. The van der Waals surface area contributed by atoms with Gasteiger partial charge in [-0.3, -0.25) is 0 Å². The first kappa shape index (κ1) is 50.8. The topological polar surface area (TPSA) is 72.4 Å². The van der Waals surface area contributed by atoms with Crippen molar-refractivity contribution in [1.29, 1.82) is 0 Å². The molecule has 2 atom stereocenters.